The number of rotatable bonds is 1. The molecule has 1 atom stereocenters. The predicted molar refractivity (Wildman–Crippen MR) is 84.7 cm³/mol. The van der Waals surface area contributed by atoms with Crippen LogP contribution in [0.3, 0.4) is 0 Å². The van der Waals surface area contributed by atoms with Crippen LogP contribution in [0.1, 0.15) is 17.2 Å². The smallest absolute Gasteiger partial charge is 0.225 e. The Hall–Kier alpha value is -1.16. The van der Waals surface area contributed by atoms with Crippen LogP contribution in [-0.4, -0.2) is 5.91 Å². The normalized spacial score (nSPS) is 18.1. The van der Waals surface area contributed by atoms with Gasteiger partial charge in [0.1, 0.15) is 0 Å². The maximum atomic E-state index is 12.0. The van der Waals surface area contributed by atoms with E-state index in [0.29, 0.717) is 16.5 Å². The highest BCUT2D eigenvalue weighted by Crippen LogP contribution is 2.44. The van der Waals surface area contributed by atoms with Gasteiger partial charge in [0.05, 0.1) is 15.7 Å². The average Bonchev–Trinajstić information content (AvgIpc) is 2.59. The van der Waals surface area contributed by atoms with Gasteiger partial charge in [0.25, 0.3) is 0 Å². The van der Waals surface area contributed by atoms with Gasteiger partial charge in [-0.2, -0.15) is 0 Å². The van der Waals surface area contributed by atoms with Gasteiger partial charge >= 0.3 is 0 Å². The van der Waals surface area contributed by atoms with Crippen LogP contribution in [0.15, 0.2) is 47.4 Å². The van der Waals surface area contributed by atoms with E-state index < -0.39 is 0 Å². The number of carbonyl (C=O) groups is 1. The molecule has 3 rings (SSSR count). The molecule has 1 N–H and O–H groups in total. The summed E-state index contributed by atoms with van der Waals surface area (Å²) < 4.78 is 0. The molecule has 0 aliphatic carbocycles. The second-order valence-corrected chi connectivity index (χ2v) is 6.59. The fourth-order valence-corrected chi connectivity index (χ4v) is 3.67. The number of para-hydroxylation sites is 1. The van der Waals surface area contributed by atoms with Crippen LogP contribution in [0.2, 0.25) is 10.0 Å². The summed E-state index contributed by atoms with van der Waals surface area (Å²) in [7, 11) is 0. The van der Waals surface area contributed by atoms with E-state index in [-0.39, 0.29) is 11.2 Å². The Labute approximate surface area is 131 Å². The standard InChI is InChI=1S/C15H11Cl2NOS/c16-10-6-5-9(7-11(10)17)14-8-15(19)18-12-3-1-2-4-13(12)20-14/h1-7,14H,8H2,(H,18,19)/t14-/m1/s1. The number of thioether (sulfide) groups is 1. The second-order valence-electron chi connectivity index (χ2n) is 4.53. The van der Waals surface area contributed by atoms with Gasteiger partial charge in [-0.1, -0.05) is 41.4 Å². The summed E-state index contributed by atoms with van der Waals surface area (Å²) >= 11 is 13.7. The first-order valence-corrected chi connectivity index (χ1v) is 7.77. The minimum absolute atomic E-state index is 0.0125. The lowest BCUT2D eigenvalue weighted by Crippen LogP contribution is -2.11. The lowest BCUT2D eigenvalue weighted by molar-refractivity contribution is -0.116. The monoisotopic (exact) mass is 323 g/mol. The molecule has 1 aliphatic heterocycles. The second kappa shape index (κ2) is 5.68. The van der Waals surface area contributed by atoms with Crippen LogP contribution >= 0.6 is 35.0 Å². The number of benzene rings is 2. The summed E-state index contributed by atoms with van der Waals surface area (Å²) in [5.74, 6) is 0.0125. The lowest BCUT2D eigenvalue weighted by Gasteiger charge is -2.14. The zero-order chi connectivity index (χ0) is 14.1. The number of hydrogen-bond donors (Lipinski definition) is 1. The largest absolute Gasteiger partial charge is 0.325 e. The van der Waals surface area contributed by atoms with Crippen LogP contribution in [0.4, 0.5) is 5.69 Å². The quantitative estimate of drug-likeness (QED) is 0.784. The van der Waals surface area contributed by atoms with Gasteiger partial charge in [-0.05, 0) is 29.8 Å². The Bertz CT molecular complexity index is 675. The van der Waals surface area contributed by atoms with Crippen molar-refractivity contribution in [3.63, 3.8) is 0 Å². The van der Waals surface area contributed by atoms with Gasteiger partial charge in [0.2, 0.25) is 5.91 Å². The van der Waals surface area contributed by atoms with E-state index in [1.54, 1.807) is 17.8 Å². The third-order valence-electron chi connectivity index (χ3n) is 3.12. The molecule has 0 saturated heterocycles. The number of hydrogen-bond acceptors (Lipinski definition) is 2. The summed E-state index contributed by atoms with van der Waals surface area (Å²) in [5.41, 5.74) is 1.88. The van der Waals surface area contributed by atoms with Gasteiger partial charge < -0.3 is 5.32 Å². The van der Waals surface area contributed by atoms with Crippen LogP contribution in [0.5, 0.6) is 0 Å². The summed E-state index contributed by atoms with van der Waals surface area (Å²) in [6.45, 7) is 0. The Morgan fingerprint density at radius 3 is 2.70 bits per heavy atom. The maximum Gasteiger partial charge on any atom is 0.225 e. The van der Waals surface area contributed by atoms with Crippen molar-refractivity contribution in [2.75, 3.05) is 5.32 Å². The zero-order valence-electron chi connectivity index (χ0n) is 10.4. The molecule has 0 spiro atoms. The molecule has 1 aliphatic rings. The van der Waals surface area contributed by atoms with Crippen molar-refractivity contribution in [1.82, 2.24) is 0 Å². The molecule has 0 aromatic heterocycles. The van der Waals surface area contributed by atoms with E-state index in [2.05, 4.69) is 5.32 Å². The Balaban J connectivity index is 1.98. The molecule has 2 aromatic carbocycles. The SMILES string of the molecule is O=C1C[C@H](c2ccc(Cl)c(Cl)c2)Sc2ccccc2N1. The van der Waals surface area contributed by atoms with E-state index in [9.17, 15) is 4.79 Å². The molecular formula is C15H11Cl2NOS. The number of anilines is 1. The van der Waals surface area contributed by atoms with Crippen molar-refractivity contribution in [1.29, 1.82) is 0 Å². The lowest BCUT2D eigenvalue weighted by atomic mass is 10.1. The average molecular weight is 324 g/mol. The Kier molecular flexibility index (Phi) is 3.92. The molecule has 1 heterocycles. The first kappa shape index (κ1) is 13.8. The van der Waals surface area contributed by atoms with E-state index in [1.807, 2.05) is 36.4 Å². The maximum absolute atomic E-state index is 12.0. The molecule has 0 unspecified atom stereocenters. The highest BCUT2D eigenvalue weighted by molar-refractivity contribution is 7.99. The summed E-state index contributed by atoms with van der Waals surface area (Å²) in [6, 6.07) is 13.3. The van der Waals surface area contributed by atoms with Crippen molar-refractivity contribution >= 4 is 46.6 Å². The number of nitrogens with one attached hydrogen (secondary N) is 1. The molecule has 1 amide bonds. The fourth-order valence-electron chi connectivity index (χ4n) is 2.14. The van der Waals surface area contributed by atoms with Gasteiger partial charge in [0.15, 0.2) is 0 Å². The predicted octanol–water partition coefficient (Wildman–Crippen LogP) is 5.17. The molecule has 0 fully saturated rings. The van der Waals surface area contributed by atoms with E-state index >= 15 is 0 Å². The molecule has 0 radical (unpaired) electrons. The topological polar surface area (TPSA) is 29.1 Å². The fraction of sp³-hybridized carbons (Fsp3) is 0.133. The highest BCUT2D eigenvalue weighted by Gasteiger charge is 2.23. The van der Waals surface area contributed by atoms with Crippen molar-refractivity contribution in [3.05, 3.63) is 58.1 Å². The first-order chi connectivity index (χ1) is 9.63. The molecule has 20 heavy (non-hydrogen) atoms. The van der Waals surface area contributed by atoms with Crippen LogP contribution in [0.25, 0.3) is 0 Å². The van der Waals surface area contributed by atoms with Gasteiger partial charge in [-0.15, -0.1) is 11.8 Å². The minimum Gasteiger partial charge on any atom is -0.325 e. The number of amides is 1. The highest BCUT2D eigenvalue weighted by atomic mass is 35.5. The summed E-state index contributed by atoms with van der Waals surface area (Å²) in [4.78, 5) is 13.1. The van der Waals surface area contributed by atoms with Gasteiger partial charge in [0, 0.05) is 16.6 Å². The van der Waals surface area contributed by atoms with Crippen LogP contribution in [-0.2, 0) is 4.79 Å². The molecular weight excluding hydrogens is 313 g/mol. The Morgan fingerprint density at radius 1 is 1.10 bits per heavy atom. The molecule has 102 valence electrons. The number of fused-ring (bicyclic) bond motifs is 1. The number of halogens is 2. The van der Waals surface area contributed by atoms with E-state index in [4.69, 9.17) is 23.2 Å². The molecule has 5 heteroatoms. The number of carbonyl (C=O) groups excluding carboxylic acids is 1. The van der Waals surface area contributed by atoms with Gasteiger partial charge in [-0.3, -0.25) is 4.79 Å². The van der Waals surface area contributed by atoms with Crippen LogP contribution < -0.4 is 5.32 Å². The van der Waals surface area contributed by atoms with Crippen LogP contribution in [0, 0.1) is 0 Å². The van der Waals surface area contributed by atoms with E-state index in [0.717, 1.165) is 16.1 Å². The molecule has 0 bridgehead atoms. The summed E-state index contributed by atoms with van der Waals surface area (Å²) in [6.07, 6.45) is 0.414. The molecule has 0 saturated carbocycles. The summed E-state index contributed by atoms with van der Waals surface area (Å²) in [5, 5.41) is 4.01. The third kappa shape index (κ3) is 2.80. The van der Waals surface area contributed by atoms with Crippen molar-refractivity contribution in [2.45, 2.75) is 16.6 Å². The first-order valence-electron chi connectivity index (χ1n) is 6.14. The van der Waals surface area contributed by atoms with Crippen molar-refractivity contribution < 1.29 is 4.79 Å². The minimum atomic E-state index is 0.0125. The molecule has 2 aromatic rings. The third-order valence-corrected chi connectivity index (χ3v) is 5.19. The van der Waals surface area contributed by atoms with Crippen molar-refractivity contribution in [2.24, 2.45) is 0 Å². The Morgan fingerprint density at radius 2 is 1.90 bits per heavy atom. The van der Waals surface area contributed by atoms with E-state index in [1.165, 1.54) is 0 Å². The van der Waals surface area contributed by atoms with Crippen molar-refractivity contribution in [3.8, 4) is 0 Å². The van der Waals surface area contributed by atoms with Gasteiger partial charge in [-0.25, -0.2) is 0 Å². The molecule has 2 nitrogen and oxygen atoms in total. The zero-order valence-corrected chi connectivity index (χ0v) is 12.7.